The molecule has 0 aliphatic heterocycles. The minimum Gasteiger partial charge on any atom is -0.208 e. The Balaban J connectivity index is 0.970. The summed E-state index contributed by atoms with van der Waals surface area (Å²) in [7, 11) is 0. The van der Waals surface area contributed by atoms with Gasteiger partial charge in [-0.15, -0.1) is 0 Å². The molecule has 68 heavy (non-hydrogen) atoms. The van der Waals surface area contributed by atoms with Crippen LogP contribution in [0.25, 0.3) is 67.5 Å². The van der Waals surface area contributed by atoms with Crippen molar-refractivity contribution in [3.05, 3.63) is 305 Å². The highest BCUT2D eigenvalue weighted by Crippen LogP contribution is 2.65. The van der Waals surface area contributed by atoms with Crippen LogP contribution in [0.1, 0.15) is 44.5 Å². The molecule has 0 bridgehead atoms. The lowest BCUT2D eigenvalue weighted by Crippen LogP contribution is -2.44. The van der Waals surface area contributed by atoms with Crippen molar-refractivity contribution in [1.29, 1.82) is 0 Å². The molecule has 0 fully saturated rings. The van der Waals surface area contributed by atoms with E-state index in [0.717, 1.165) is 27.8 Å². The second kappa shape index (κ2) is 16.0. The quantitative estimate of drug-likeness (QED) is 0.160. The number of aromatic nitrogens is 3. The second-order valence-electron chi connectivity index (χ2n) is 17.8. The molecule has 0 N–H and O–H groups in total. The van der Waals surface area contributed by atoms with E-state index in [1.54, 1.807) is 0 Å². The van der Waals surface area contributed by atoms with E-state index in [4.69, 9.17) is 15.0 Å². The van der Waals surface area contributed by atoms with Crippen LogP contribution in [-0.2, 0) is 10.8 Å². The maximum Gasteiger partial charge on any atom is 0.164 e. The minimum absolute atomic E-state index is 0.549. The lowest BCUT2D eigenvalue weighted by atomic mass is 9.51. The van der Waals surface area contributed by atoms with Crippen molar-refractivity contribution in [1.82, 2.24) is 15.0 Å². The molecule has 0 saturated heterocycles. The van der Waals surface area contributed by atoms with E-state index in [-0.39, 0.29) is 0 Å². The second-order valence-corrected chi connectivity index (χ2v) is 17.8. The summed E-state index contributed by atoms with van der Waals surface area (Å²) in [6.45, 7) is 0. The summed E-state index contributed by atoms with van der Waals surface area (Å²) in [5.41, 5.74) is 19.2. The topological polar surface area (TPSA) is 38.7 Å². The Morgan fingerprint density at radius 2 is 0.529 bits per heavy atom. The highest BCUT2D eigenvalue weighted by molar-refractivity contribution is 5.97. The van der Waals surface area contributed by atoms with Crippen LogP contribution in [0.4, 0.5) is 0 Å². The standard InChI is InChI=1S/C65H43N3/c1-5-20-44(21-6-1)45-36-40-48(41-37-45)62-66-61(47-22-7-2-8-23-47)67-63(68-62)49-42-38-46(39-43-49)52-29-19-35-59-60(52)53-28-13-14-30-54(53)65(59)57-33-17-15-31-55(57)64(50-24-9-3-10-25-50,51-26-11-4-12-27-51)56-32-16-18-34-58(56)65/h1-43H. The van der Waals surface area contributed by atoms with Crippen LogP contribution in [0.15, 0.2) is 261 Å². The van der Waals surface area contributed by atoms with Crippen molar-refractivity contribution in [2.45, 2.75) is 10.8 Å². The van der Waals surface area contributed by atoms with Crippen molar-refractivity contribution in [3.63, 3.8) is 0 Å². The van der Waals surface area contributed by atoms with Gasteiger partial charge in [0.2, 0.25) is 0 Å². The lowest BCUT2D eigenvalue weighted by Gasteiger charge is -2.50. The Bertz CT molecular complexity index is 3550. The van der Waals surface area contributed by atoms with Gasteiger partial charge in [0.05, 0.1) is 10.8 Å². The van der Waals surface area contributed by atoms with Crippen molar-refractivity contribution in [2.24, 2.45) is 0 Å². The summed E-state index contributed by atoms with van der Waals surface area (Å²) in [6.07, 6.45) is 0. The summed E-state index contributed by atoms with van der Waals surface area (Å²) >= 11 is 0. The van der Waals surface area contributed by atoms with Gasteiger partial charge in [-0.05, 0) is 77.9 Å². The number of rotatable bonds is 7. The molecule has 1 aromatic heterocycles. The normalized spacial score (nSPS) is 13.5. The van der Waals surface area contributed by atoms with Gasteiger partial charge in [0, 0.05) is 16.7 Å². The summed E-state index contributed by atoms with van der Waals surface area (Å²) in [4.78, 5) is 15.2. The molecule has 3 nitrogen and oxygen atoms in total. The first-order chi connectivity index (χ1) is 33.7. The molecule has 10 aromatic carbocycles. The average molecular weight is 866 g/mol. The third kappa shape index (κ3) is 5.96. The summed E-state index contributed by atoms with van der Waals surface area (Å²) < 4.78 is 0. The molecule has 0 saturated carbocycles. The SMILES string of the molecule is c1ccc(-c2ccc(-c3nc(-c4ccccc4)nc(-c4ccc(-c5cccc6c5-c5ccccc5C65c6ccccc6C(c6ccccc6)(c6ccccc6)c6ccccc65)cc4)n3)cc2)cc1. The predicted octanol–water partition coefficient (Wildman–Crippen LogP) is 15.3. The first-order valence-corrected chi connectivity index (χ1v) is 23.4. The number of hydrogen-bond acceptors (Lipinski definition) is 3. The van der Waals surface area contributed by atoms with Crippen molar-refractivity contribution in [2.75, 3.05) is 0 Å². The molecule has 0 atom stereocenters. The number of fused-ring (bicyclic) bond motifs is 9. The molecule has 1 spiro atoms. The fraction of sp³-hybridized carbons (Fsp3) is 0.0308. The van der Waals surface area contributed by atoms with Gasteiger partial charge in [0.15, 0.2) is 17.5 Å². The highest BCUT2D eigenvalue weighted by atomic mass is 15.0. The molecular formula is C65H43N3. The smallest absolute Gasteiger partial charge is 0.164 e. The Hall–Kier alpha value is -8.79. The van der Waals surface area contributed by atoms with Crippen LogP contribution < -0.4 is 0 Å². The van der Waals surface area contributed by atoms with Gasteiger partial charge in [0.25, 0.3) is 0 Å². The fourth-order valence-electron chi connectivity index (χ4n) is 11.5. The first kappa shape index (κ1) is 39.6. The van der Waals surface area contributed by atoms with Crippen molar-refractivity contribution in [3.8, 4) is 67.5 Å². The fourth-order valence-corrected chi connectivity index (χ4v) is 11.5. The van der Waals surface area contributed by atoms with Crippen LogP contribution in [0.3, 0.4) is 0 Å². The number of hydrogen-bond donors (Lipinski definition) is 0. The Kier molecular flexibility index (Phi) is 9.29. The zero-order chi connectivity index (χ0) is 45.1. The van der Waals surface area contributed by atoms with E-state index in [1.165, 1.54) is 66.8 Å². The van der Waals surface area contributed by atoms with E-state index < -0.39 is 10.8 Å². The van der Waals surface area contributed by atoms with Crippen molar-refractivity contribution >= 4 is 0 Å². The van der Waals surface area contributed by atoms with E-state index in [9.17, 15) is 0 Å². The molecule has 318 valence electrons. The van der Waals surface area contributed by atoms with Gasteiger partial charge in [0.1, 0.15) is 0 Å². The third-order valence-electron chi connectivity index (χ3n) is 14.3. The molecule has 0 radical (unpaired) electrons. The van der Waals surface area contributed by atoms with Crippen molar-refractivity contribution < 1.29 is 0 Å². The maximum atomic E-state index is 5.12. The van der Waals surface area contributed by atoms with Crippen LogP contribution in [0.5, 0.6) is 0 Å². The average Bonchev–Trinajstić information content (AvgIpc) is 3.73. The van der Waals surface area contributed by atoms with E-state index in [2.05, 4.69) is 237 Å². The van der Waals surface area contributed by atoms with E-state index >= 15 is 0 Å². The van der Waals surface area contributed by atoms with Crippen LogP contribution in [0.2, 0.25) is 0 Å². The van der Waals surface area contributed by atoms with Gasteiger partial charge in [-0.2, -0.15) is 0 Å². The minimum atomic E-state index is -0.573. The molecule has 0 amide bonds. The van der Waals surface area contributed by atoms with Crippen LogP contribution in [-0.4, -0.2) is 15.0 Å². The van der Waals surface area contributed by atoms with Gasteiger partial charge in [-0.3, -0.25) is 0 Å². The lowest BCUT2D eigenvalue weighted by molar-refractivity contribution is 0.623. The molecule has 3 heteroatoms. The van der Waals surface area contributed by atoms with Gasteiger partial charge in [-0.1, -0.05) is 261 Å². The molecule has 1 heterocycles. The summed E-state index contributed by atoms with van der Waals surface area (Å²) in [5, 5.41) is 0. The third-order valence-corrected chi connectivity index (χ3v) is 14.3. The zero-order valence-electron chi connectivity index (χ0n) is 37.2. The number of benzene rings is 10. The van der Waals surface area contributed by atoms with Gasteiger partial charge < -0.3 is 0 Å². The molecular weight excluding hydrogens is 823 g/mol. The molecule has 11 aromatic rings. The zero-order valence-corrected chi connectivity index (χ0v) is 37.2. The largest absolute Gasteiger partial charge is 0.208 e. The number of nitrogens with zero attached hydrogens (tertiary/aromatic N) is 3. The van der Waals surface area contributed by atoms with Gasteiger partial charge in [-0.25, -0.2) is 15.0 Å². The Morgan fingerprint density at radius 1 is 0.206 bits per heavy atom. The van der Waals surface area contributed by atoms with E-state index in [0.29, 0.717) is 17.5 Å². The summed E-state index contributed by atoms with van der Waals surface area (Å²) in [6, 6.07) is 94.5. The van der Waals surface area contributed by atoms with E-state index in [1.807, 2.05) is 24.3 Å². The molecule has 2 aliphatic carbocycles. The van der Waals surface area contributed by atoms with Crippen LogP contribution in [0, 0.1) is 0 Å². The Labute approximate surface area is 396 Å². The highest BCUT2D eigenvalue weighted by Gasteiger charge is 2.56. The summed E-state index contributed by atoms with van der Waals surface area (Å²) in [5.74, 6) is 1.91. The predicted molar refractivity (Wildman–Crippen MR) is 276 cm³/mol. The Morgan fingerprint density at radius 3 is 1.03 bits per heavy atom. The maximum absolute atomic E-state index is 5.12. The first-order valence-electron chi connectivity index (χ1n) is 23.4. The molecule has 13 rings (SSSR count). The van der Waals surface area contributed by atoms with Gasteiger partial charge >= 0.3 is 0 Å². The molecule has 0 unspecified atom stereocenters. The monoisotopic (exact) mass is 865 g/mol. The molecule has 2 aliphatic rings. The van der Waals surface area contributed by atoms with Crippen LogP contribution >= 0.6 is 0 Å².